The molecule has 29 heavy (non-hydrogen) atoms. The average Bonchev–Trinajstić information content (AvgIpc) is 2.66. The van der Waals surface area contributed by atoms with Gasteiger partial charge in [0.25, 0.3) is 0 Å². The summed E-state index contributed by atoms with van der Waals surface area (Å²) in [5.41, 5.74) is 0. The first-order chi connectivity index (χ1) is 13.6. The van der Waals surface area contributed by atoms with Gasteiger partial charge in [0.2, 0.25) is 0 Å². The van der Waals surface area contributed by atoms with Gasteiger partial charge in [0, 0.05) is 25.6 Å². The van der Waals surface area contributed by atoms with Crippen molar-refractivity contribution in [3.05, 3.63) is 0 Å². The molecular weight excluding hydrogens is 377 g/mol. The first kappa shape index (κ1) is 31.5. The van der Waals surface area contributed by atoms with Crippen molar-refractivity contribution in [1.82, 2.24) is 4.90 Å². The Kier molecular flexibility index (Phi) is 26.8. The first-order valence-corrected chi connectivity index (χ1v) is 11.8. The van der Waals surface area contributed by atoms with Crippen LogP contribution in [0.5, 0.6) is 0 Å². The molecule has 0 heterocycles. The van der Waals surface area contributed by atoms with Crippen molar-refractivity contribution in [1.29, 1.82) is 0 Å². The molecule has 0 bridgehead atoms. The SMILES string of the molecule is CCCCCCCCCCCCCCCCC(O)CN(CCO)CCC(=O)[O-].[Na+]. The molecule has 168 valence electrons. The van der Waals surface area contributed by atoms with E-state index in [2.05, 4.69) is 6.92 Å². The number of hydrogen-bond acceptors (Lipinski definition) is 5. The van der Waals surface area contributed by atoms with E-state index in [0.717, 1.165) is 19.3 Å². The molecule has 0 amide bonds. The number of carboxylic acids is 1. The Labute approximate surface area is 201 Å². The first-order valence-electron chi connectivity index (χ1n) is 11.8. The molecule has 0 aliphatic carbocycles. The Morgan fingerprint density at radius 2 is 1.28 bits per heavy atom. The zero-order chi connectivity index (χ0) is 20.9. The zero-order valence-electron chi connectivity index (χ0n) is 19.4. The number of aliphatic hydroxyl groups excluding tert-OH is 2. The Hall–Kier alpha value is 0.350. The van der Waals surface area contributed by atoms with Crippen LogP contribution in [0.4, 0.5) is 0 Å². The minimum absolute atomic E-state index is 0. The van der Waals surface area contributed by atoms with Gasteiger partial charge in [-0.05, 0) is 12.8 Å². The summed E-state index contributed by atoms with van der Waals surface area (Å²) in [6.45, 7) is 3.37. The molecule has 0 aromatic heterocycles. The van der Waals surface area contributed by atoms with E-state index in [1.54, 1.807) is 4.90 Å². The third kappa shape index (κ3) is 24.5. The quantitative estimate of drug-likeness (QED) is 0.197. The molecule has 0 spiro atoms. The van der Waals surface area contributed by atoms with Crippen LogP contribution in [0.3, 0.4) is 0 Å². The number of unbranched alkanes of at least 4 members (excludes halogenated alkanes) is 13. The van der Waals surface area contributed by atoms with Gasteiger partial charge in [-0.25, -0.2) is 0 Å². The van der Waals surface area contributed by atoms with E-state index < -0.39 is 12.1 Å². The van der Waals surface area contributed by atoms with E-state index in [4.69, 9.17) is 5.11 Å². The van der Waals surface area contributed by atoms with Gasteiger partial charge < -0.3 is 20.1 Å². The maximum Gasteiger partial charge on any atom is 1.00 e. The molecular formula is C23H46NNaO4. The standard InChI is InChI=1S/C23H47NO4.Na/c1-2-3-4-5-6-7-8-9-10-11-12-13-14-15-16-22(26)21-24(19-20-25)18-17-23(27)28;/h22,25-26H,2-21H2,1H3,(H,27,28);/q;+1/p-1. The molecule has 6 heteroatoms. The predicted octanol–water partition coefficient (Wildman–Crippen LogP) is 0.657. The number of aliphatic hydroxyl groups is 2. The molecule has 5 nitrogen and oxygen atoms in total. The second-order valence-electron chi connectivity index (χ2n) is 8.18. The zero-order valence-corrected chi connectivity index (χ0v) is 21.4. The van der Waals surface area contributed by atoms with E-state index in [1.165, 1.54) is 77.0 Å². The van der Waals surface area contributed by atoms with Crippen LogP contribution < -0.4 is 34.7 Å². The van der Waals surface area contributed by atoms with Gasteiger partial charge in [0.15, 0.2) is 0 Å². The summed E-state index contributed by atoms with van der Waals surface area (Å²) in [5, 5.41) is 29.7. The molecule has 2 N–H and O–H groups in total. The number of hydrogen-bond donors (Lipinski definition) is 2. The Bertz CT molecular complexity index is 345. The molecule has 1 atom stereocenters. The Balaban J connectivity index is 0. The summed E-state index contributed by atoms with van der Waals surface area (Å²) in [5.74, 6) is -1.09. The fourth-order valence-corrected chi connectivity index (χ4v) is 3.65. The molecule has 1 unspecified atom stereocenters. The molecule has 0 aliphatic heterocycles. The van der Waals surface area contributed by atoms with Crippen molar-refractivity contribution in [2.75, 3.05) is 26.2 Å². The summed E-state index contributed by atoms with van der Waals surface area (Å²) in [4.78, 5) is 12.3. The Morgan fingerprint density at radius 1 is 0.828 bits per heavy atom. The summed E-state index contributed by atoms with van der Waals surface area (Å²) >= 11 is 0. The Morgan fingerprint density at radius 3 is 1.69 bits per heavy atom. The summed E-state index contributed by atoms with van der Waals surface area (Å²) in [7, 11) is 0. The minimum atomic E-state index is -1.09. The molecule has 0 saturated heterocycles. The molecule has 0 saturated carbocycles. The molecule has 0 aromatic carbocycles. The van der Waals surface area contributed by atoms with Gasteiger partial charge >= 0.3 is 29.6 Å². The number of carbonyl (C=O) groups excluding carboxylic acids is 1. The second-order valence-corrected chi connectivity index (χ2v) is 8.18. The fraction of sp³-hybridized carbons (Fsp3) is 0.957. The monoisotopic (exact) mass is 423 g/mol. The van der Waals surface area contributed by atoms with Crippen molar-refractivity contribution in [2.45, 2.75) is 116 Å². The van der Waals surface area contributed by atoms with Crippen LogP contribution in [0.25, 0.3) is 0 Å². The van der Waals surface area contributed by atoms with Crippen LogP contribution in [0.15, 0.2) is 0 Å². The van der Waals surface area contributed by atoms with Crippen LogP contribution >= 0.6 is 0 Å². The van der Waals surface area contributed by atoms with Gasteiger partial charge in [-0.1, -0.05) is 96.8 Å². The molecule has 0 aliphatic rings. The number of aliphatic carboxylic acids is 1. The topological polar surface area (TPSA) is 83.8 Å². The number of carboxylic acid groups (broad SMARTS) is 1. The predicted molar refractivity (Wildman–Crippen MR) is 114 cm³/mol. The van der Waals surface area contributed by atoms with Crippen molar-refractivity contribution in [3.8, 4) is 0 Å². The third-order valence-electron chi connectivity index (χ3n) is 5.41. The van der Waals surface area contributed by atoms with E-state index >= 15 is 0 Å². The molecule has 0 rings (SSSR count). The maximum atomic E-state index is 10.6. The maximum absolute atomic E-state index is 10.6. The van der Waals surface area contributed by atoms with Crippen molar-refractivity contribution < 1.29 is 49.7 Å². The normalized spacial score (nSPS) is 12.1. The summed E-state index contributed by atoms with van der Waals surface area (Å²) < 4.78 is 0. The molecule has 0 fully saturated rings. The van der Waals surface area contributed by atoms with Gasteiger partial charge in [-0.3, -0.25) is 4.90 Å². The molecule has 0 radical (unpaired) electrons. The van der Waals surface area contributed by atoms with E-state index in [1.807, 2.05) is 0 Å². The van der Waals surface area contributed by atoms with E-state index in [-0.39, 0.29) is 42.6 Å². The smallest absolute Gasteiger partial charge is 0.550 e. The van der Waals surface area contributed by atoms with Gasteiger partial charge in [0.05, 0.1) is 12.7 Å². The van der Waals surface area contributed by atoms with Crippen LogP contribution in [0, 0.1) is 0 Å². The van der Waals surface area contributed by atoms with Crippen molar-refractivity contribution in [2.24, 2.45) is 0 Å². The summed E-state index contributed by atoms with van der Waals surface area (Å²) in [6.07, 6.45) is 18.7. The van der Waals surface area contributed by atoms with Gasteiger partial charge in [-0.2, -0.15) is 0 Å². The van der Waals surface area contributed by atoms with E-state index in [0.29, 0.717) is 19.6 Å². The van der Waals surface area contributed by atoms with E-state index in [9.17, 15) is 15.0 Å². The fourth-order valence-electron chi connectivity index (χ4n) is 3.65. The van der Waals surface area contributed by atoms with Crippen molar-refractivity contribution in [3.63, 3.8) is 0 Å². The summed E-state index contributed by atoms with van der Waals surface area (Å²) in [6, 6.07) is 0. The number of nitrogens with zero attached hydrogens (tertiary/aromatic N) is 1. The second kappa shape index (κ2) is 24.6. The van der Waals surface area contributed by atoms with Gasteiger partial charge in [-0.15, -0.1) is 0 Å². The van der Waals surface area contributed by atoms with Crippen molar-refractivity contribution >= 4 is 5.97 Å². The minimum Gasteiger partial charge on any atom is -0.550 e. The number of rotatable bonds is 22. The van der Waals surface area contributed by atoms with Crippen LogP contribution in [0.1, 0.15) is 110 Å². The third-order valence-corrected chi connectivity index (χ3v) is 5.41. The number of carbonyl (C=O) groups is 1. The average molecular weight is 424 g/mol. The van der Waals surface area contributed by atoms with Gasteiger partial charge in [0.1, 0.15) is 0 Å². The van der Waals surface area contributed by atoms with Crippen LogP contribution in [-0.4, -0.2) is 53.4 Å². The molecule has 0 aromatic rings. The largest absolute Gasteiger partial charge is 1.00 e. The van der Waals surface area contributed by atoms with Crippen LogP contribution in [0.2, 0.25) is 0 Å². The van der Waals surface area contributed by atoms with Crippen LogP contribution in [-0.2, 0) is 4.79 Å².